The van der Waals surface area contributed by atoms with Crippen molar-refractivity contribution in [2.45, 2.75) is 52.0 Å². The van der Waals surface area contributed by atoms with Gasteiger partial charge in [-0.15, -0.1) is 0 Å². The van der Waals surface area contributed by atoms with Crippen LogP contribution in [0.4, 0.5) is 11.6 Å². The highest BCUT2D eigenvalue weighted by molar-refractivity contribution is 6.05. The highest BCUT2D eigenvalue weighted by atomic mass is 16.5. The molecule has 3 atom stereocenters. The molecule has 206 valence electrons. The molecule has 0 bridgehead atoms. The summed E-state index contributed by atoms with van der Waals surface area (Å²) in [5.41, 5.74) is 3.30. The molecule has 2 aromatic heterocycles. The van der Waals surface area contributed by atoms with Crippen molar-refractivity contribution in [1.82, 2.24) is 20.3 Å². The number of benzene rings is 2. The van der Waals surface area contributed by atoms with Gasteiger partial charge in [-0.05, 0) is 81.3 Å². The fourth-order valence-electron chi connectivity index (χ4n) is 5.86. The average Bonchev–Trinajstić information content (AvgIpc) is 3.42. The van der Waals surface area contributed by atoms with Gasteiger partial charge in [0.05, 0.1) is 11.3 Å². The first-order valence-electron chi connectivity index (χ1n) is 14.3. The summed E-state index contributed by atoms with van der Waals surface area (Å²) < 4.78 is 6.56. The number of nitrogens with zero attached hydrogens (tertiary/aromatic N) is 3. The number of ether oxygens (including phenoxy) is 1. The molecule has 3 heterocycles. The number of pyridine rings is 1. The summed E-state index contributed by atoms with van der Waals surface area (Å²) >= 11 is 0. The molecule has 1 saturated carbocycles. The van der Waals surface area contributed by atoms with Crippen molar-refractivity contribution >= 4 is 28.3 Å². The summed E-state index contributed by atoms with van der Waals surface area (Å²) in [6.45, 7) is 6.19. The minimum Gasteiger partial charge on any atom is -0.437 e. The second kappa shape index (κ2) is 11.6. The lowest BCUT2D eigenvalue weighted by molar-refractivity contribution is -0.119. The van der Waals surface area contributed by atoms with Crippen LogP contribution in [0.3, 0.4) is 0 Å². The fourth-order valence-corrected chi connectivity index (χ4v) is 5.86. The van der Waals surface area contributed by atoms with Gasteiger partial charge in [-0.2, -0.15) is 0 Å². The maximum atomic E-state index is 13.0. The summed E-state index contributed by atoms with van der Waals surface area (Å²) in [5.74, 6) is 2.55. The number of hydrogen-bond donors (Lipinski definition) is 3. The molecule has 2 fully saturated rings. The summed E-state index contributed by atoms with van der Waals surface area (Å²) in [7, 11) is 0. The number of rotatable bonds is 7. The fraction of sp³-hybridized carbons (Fsp3) is 0.375. The Morgan fingerprint density at radius 3 is 2.75 bits per heavy atom. The van der Waals surface area contributed by atoms with Gasteiger partial charge >= 0.3 is 0 Å². The highest BCUT2D eigenvalue weighted by Crippen LogP contribution is 2.39. The molecule has 6 rings (SSSR count). The Bertz CT molecular complexity index is 1520. The van der Waals surface area contributed by atoms with Crippen LogP contribution in [0.15, 0.2) is 60.9 Å². The lowest BCUT2D eigenvalue weighted by atomic mass is 10.0. The van der Waals surface area contributed by atoms with E-state index in [1.165, 1.54) is 0 Å². The van der Waals surface area contributed by atoms with Gasteiger partial charge in [-0.3, -0.25) is 4.79 Å². The van der Waals surface area contributed by atoms with Gasteiger partial charge in [-0.25, -0.2) is 15.0 Å². The third kappa shape index (κ3) is 5.63. The van der Waals surface area contributed by atoms with Crippen LogP contribution in [0.1, 0.15) is 44.6 Å². The zero-order valence-corrected chi connectivity index (χ0v) is 23.1. The van der Waals surface area contributed by atoms with Gasteiger partial charge in [0, 0.05) is 47.4 Å². The van der Waals surface area contributed by atoms with Crippen LogP contribution >= 0.6 is 0 Å². The number of fused-ring (bicyclic) bond motifs is 1. The van der Waals surface area contributed by atoms with E-state index in [0.29, 0.717) is 29.5 Å². The van der Waals surface area contributed by atoms with Crippen LogP contribution in [-0.4, -0.2) is 40.0 Å². The van der Waals surface area contributed by atoms with Crippen LogP contribution in [-0.2, 0) is 4.79 Å². The van der Waals surface area contributed by atoms with Gasteiger partial charge in [0.2, 0.25) is 17.7 Å². The molecule has 8 heteroatoms. The number of hydrogen-bond acceptors (Lipinski definition) is 7. The van der Waals surface area contributed by atoms with E-state index in [9.17, 15) is 4.79 Å². The molecule has 3 N–H and O–H groups in total. The highest BCUT2D eigenvalue weighted by Gasteiger charge is 2.28. The van der Waals surface area contributed by atoms with E-state index < -0.39 is 0 Å². The van der Waals surface area contributed by atoms with Crippen molar-refractivity contribution in [2.75, 3.05) is 23.7 Å². The van der Waals surface area contributed by atoms with Crippen LogP contribution < -0.4 is 20.7 Å². The van der Waals surface area contributed by atoms with Crippen LogP contribution in [0, 0.1) is 18.8 Å². The molecular formula is C32H36N6O2. The van der Waals surface area contributed by atoms with Crippen molar-refractivity contribution in [3.05, 3.63) is 66.5 Å². The SMILES string of the molecule is Cc1ccc2c(NC(=O)C3CCC(C)C3)cccc2c1Oc1ncccc1-c1ccnc(NC2CCCNC2)n1. The standard InChI is InChI=1S/C32H36N6O2/c1-20-10-12-22(18-20)30(39)37-27-9-3-7-25-24(27)13-11-21(2)29(25)40-31-26(8-5-16-34-31)28-14-17-35-32(38-28)36-23-6-4-15-33-19-23/h3,5,7-9,11,13-14,16-17,20,22-23,33H,4,6,10,12,15,18-19H2,1-2H3,(H,37,39)(H,35,36,38). The first-order valence-corrected chi connectivity index (χ1v) is 14.3. The predicted molar refractivity (Wildman–Crippen MR) is 159 cm³/mol. The van der Waals surface area contributed by atoms with Crippen molar-refractivity contribution in [3.8, 4) is 22.9 Å². The Labute approximate surface area is 235 Å². The topological polar surface area (TPSA) is 101 Å². The second-order valence-corrected chi connectivity index (χ2v) is 11.1. The lowest BCUT2D eigenvalue weighted by Crippen LogP contribution is -2.38. The van der Waals surface area contributed by atoms with E-state index in [1.807, 2.05) is 55.5 Å². The van der Waals surface area contributed by atoms with E-state index in [1.54, 1.807) is 12.4 Å². The van der Waals surface area contributed by atoms with Gasteiger partial charge in [-0.1, -0.05) is 31.2 Å². The Kier molecular flexibility index (Phi) is 7.60. The van der Waals surface area contributed by atoms with Gasteiger partial charge < -0.3 is 20.7 Å². The van der Waals surface area contributed by atoms with E-state index in [-0.39, 0.29) is 11.8 Å². The van der Waals surface area contributed by atoms with Gasteiger partial charge in [0.1, 0.15) is 5.75 Å². The molecule has 40 heavy (non-hydrogen) atoms. The maximum absolute atomic E-state index is 13.0. The summed E-state index contributed by atoms with van der Waals surface area (Å²) in [6.07, 6.45) is 8.72. The lowest BCUT2D eigenvalue weighted by Gasteiger charge is -2.23. The number of carbonyl (C=O) groups excluding carboxylic acids is 1. The average molecular weight is 537 g/mol. The number of carbonyl (C=O) groups is 1. The molecule has 3 unspecified atom stereocenters. The molecule has 1 saturated heterocycles. The Morgan fingerprint density at radius 1 is 1.00 bits per heavy atom. The minimum absolute atomic E-state index is 0.0733. The maximum Gasteiger partial charge on any atom is 0.228 e. The van der Waals surface area contributed by atoms with Crippen LogP contribution in [0.25, 0.3) is 22.0 Å². The molecule has 0 radical (unpaired) electrons. The molecule has 8 nitrogen and oxygen atoms in total. The van der Waals surface area contributed by atoms with E-state index >= 15 is 0 Å². The minimum atomic E-state index is 0.0733. The number of anilines is 2. The number of nitrogens with one attached hydrogen (secondary N) is 3. The van der Waals surface area contributed by atoms with E-state index in [2.05, 4.69) is 32.8 Å². The first kappa shape index (κ1) is 26.2. The number of piperidine rings is 1. The quantitative estimate of drug-likeness (QED) is 0.254. The second-order valence-electron chi connectivity index (χ2n) is 11.1. The molecule has 1 aliphatic heterocycles. The summed E-state index contributed by atoms with van der Waals surface area (Å²) in [5, 5.41) is 11.9. The number of aryl methyl sites for hydroxylation is 1. The zero-order chi connectivity index (χ0) is 27.5. The van der Waals surface area contributed by atoms with Crippen molar-refractivity contribution in [1.29, 1.82) is 0 Å². The normalized spacial score (nSPS) is 20.8. The van der Waals surface area contributed by atoms with Gasteiger partial charge in [0.15, 0.2) is 0 Å². The molecule has 0 spiro atoms. The Hall–Kier alpha value is -4.04. The molecule has 2 aliphatic rings. The predicted octanol–water partition coefficient (Wildman–Crippen LogP) is 6.33. The van der Waals surface area contributed by atoms with Crippen LogP contribution in [0.2, 0.25) is 0 Å². The third-order valence-corrected chi connectivity index (χ3v) is 8.06. The largest absolute Gasteiger partial charge is 0.437 e. The zero-order valence-electron chi connectivity index (χ0n) is 23.1. The number of aromatic nitrogens is 3. The molecule has 1 amide bonds. The van der Waals surface area contributed by atoms with Crippen molar-refractivity contribution < 1.29 is 9.53 Å². The number of amides is 1. The Balaban J connectivity index is 1.29. The van der Waals surface area contributed by atoms with Crippen molar-refractivity contribution in [3.63, 3.8) is 0 Å². The third-order valence-electron chi connectivity index (χ3n) is 8.06. The summed E-state index contributed by atoms with van der Waals surface area (Å²) in [4.78, 5) is 26.9. The summed E-state index contributed by atoms with van der Waals surface area (Å²) in [6, 6.07) is 16.1. The molecule has 2 aromatic carbocycles. The van der Waals surface area contributed by atoms with Crippen molar-refractivity contribution in [2.24, 2.45) is 11.8 Å². The monoisotopic (exact) mass is 536 g/mol. The van der Waals surface area contributed by atoms with E-state index in [4.69, 9.17) is 9.72 Å². The van der Waals surface area contributed by atoms with E-state index in [0.717, 1.165) is 78.5 Å². The van der Waals surface area contributed by atoms with Crippen LogP contribution in [0.5, 0.6) is 11.6 Å². The molecule has 4 aromatic rings. The smallest absolute Gasteiger partial charge is 0.228 e. The van der Waals surface area contributed by atoms with Gasteiger partial charge in [0.25, 0.3) is 0 Å². The molecule has 1 aliphatic carbocycles. The molecular weight excluding hydrogens is 500 g/mol. The Morgan fingerprint density at radius 2 is 1.93 bits per heavy atom. The first-order chi connectivity index (χ1) is 19.5.